The van der Waals surface area contributed by atoms with Crippen molar-refractivity contribution in [3.63, 3.8) is 0 Å². The Kier molecular flexibility index (Phi) is 5.80. The van der Waals surface area contributed by atoms with Crippen LogP contribution in [-0.2, 0) is 19.1 Å². The van der Waals surface area contributed by atoms with Gasteiger partial charge in [0.05, 0.1) is 18.4 Å². The summed E-state index contributed by atoms with van der Waals surface area (Å²) in [6, 6.07) is 0. The highest BCUT2D eigenvalue weighted by Crippen LogP contribution is 2.25. The summed E-state index contributed by atoms with van der Waals surface area (Å²) >= 11 is 0. The van der Waals surface area contributed by atoms with Gasteiger partial charge in [0.15, 0.2) is 6.29 Å². The van der Waals surface area contributed by atoms with Gasteiger partial charge in [0.25, 0.3) is 0 Å². The van der Waals surface area contributed by atoms with E-state index in [4.69, 9.17) is 14.6 Å². The number of allylic oxidation sites excluding steroid dienone is 2. The van der Waals surface area contributed by atoms with Crippen LogP contribution in [0.4, 0.5) is 0 Å². The van der Waals surface area contributed by atoms with E-state index in [9.17, 15) is 9.59 Å². The predicted octanol–water partition coefficient (Wildman–Crippen LogP) is 0.388. The Balaban J connectivity index is 2.54. The second-order valence-electron chi connectivity index (χ2n) is 4.14. The summed E-state index contributed by atoms with van der Waals surface area (Å²) in [6.45, 7) is 0.207. The van der Waals surface area contributed by atoms with Crippen LogP contribution in [0.5, 0.6) is 0 Å². The normalized spacial score (nSPS) is 23.1. The molecule has 0 aromatic rings. The lowest BCUT2D eigenvalue weighted by Crippen LogP contribution is -2.42. The van der Waals surface area contributed by atoms with Crippen LogP contribution in [0.1, 0.15) is 12.8 Å². The molecule has 0 aromatic carbocycles. The van der Waals surface area contributed by atoms with Crippen LogP contribution in [0, 0.1) is 11.8 Å². The number of aliphatic carboxylic acids is 1. The standard InChI is InChI=1S/C12H19NO5/c1-17-10(18-2)7-13-11(14)8-5-3-4-6-9(8)12(15)16/h3-4,8-10H,5-7H2,1-2H3,(H,13,14)(H,15,16). The van der Waals surface area contributed by atoms with Crippen molar-refractivity contribution < 1.29 is 24.2 Å². The minimum atomic E-state index is -0.936. The van der Waals surface area contributed by atoms with Crippen molar-refractivity contribution in [2.45, 2.75) is 19.1 Å². The van der Waals surface area contributed by atoms with Crippen LogP contribution in [0.2, 0.25) is 0 Å². The number of carbonyl (C=O) groups is 2. The Bertz CT molecular complexity index is 324. The Labute approximate surface area is 106 Å². The molecule has 0 bridgehead atoms. The SMILES string of the molecule is COC(CNC(=O)C1CC=CCC1C(=O)O)OC. The molecule has 0 radical (unpaired) electrons. The fourth-order valence-corrected chi connectivity index (χ4v) is 1.95. The first-order valence-electron chi connectivity index (χ1n) is 5.81. The molecule has 1 rings (SSSR count). The fourth-order valence-electron chi connectivity index (χ4n) is 1.95. The van der Waals surface area contributed by atoms with Gasteiger partial charge in [-0.2, -0.15) is 0 Å². The first-order chi connectivity index (χ1) is 8.60. The van der Waals surface area contributed by atoms with E-state index < -0.39 is 24.1 Å². The van der Waals surface area contributed by atoms with Crippen LogP contribution in [0.3, 0.4) is 0 Å². The summed E-state index contributed by atoms with van der Waals surface area (Å²) in [6.07, 6.45) is 3.97. The van der Waals surface area contributed by atoms with E-state index in [1.807, 2.05) is 6.08 Å². The maximum atomic E-state index is 11.9. The van der Waals surface area contributed by atoms with E-state index in [-0.39, 0.29) is 12.5 Å². The van der Waals surface area contributed by atoms with Crippen molar-refractivity contribution in [3.05, 3.63) is 12.2 Å². The van der Waals surface area contributed by atoms with Crippen molar-refractivity contribution in [2.24, 2.45) is 11.8 Å². The number of carbonyl (C=O) groups excluding carboxylic acids is 1. The Morgan fingerprint density at radius 1 is 1.28 bits per heavy atom. The molecule has 18 heavy (non-hydrogen) atoms. The summed E-state index contributed by atoms with van der Waals surface area (Å²) in [5.74, 6) is -2.39. The van der Waals surface area contributed by atoms with Gasteiger partial charge in [-0.3, -0.25) is 9.59 Å². The zero-order chi connectivity index (χ0) is 13.5. The number of hydrogen-bond acceptors (Lipinski definition) is 4. The molecule has 0 saturated carbocycles. The Hall–Kier alpha value is -1.40. The Morgan fingerprint density at radius 3 is 2.33 bits per heavy atom. The maximum Gasteiger partial charge on any atom is 0.307 e. The number of hydrogen-bond donors (Lipinski definition) is 2. The molecule has 0 aromatic heterocycles. The van der Waals surface area contributed by atoms with Gasteiger partial charge >= 0.3 is 5.97 Å². The number of methoxy groups -OCH3 is 2. The van der Waals surface area contributed by atoms with Crippen molar-refractivity contribution in [3.8, 4) is 0 Å². The molecule has 2 atom stereocenters. The number of carboxylic acid groups (broad SMARTS) is 1. The number of nitrogens with one attached hydrogen (secondary N) is 1. The highest BCUT2D eigenvalue weighted by atomic mass is 16.7. The van der Waals surface area contributed by atoms with E-state index in [1.54, 1.807) is 6.08 Å². The summed E-state index contributed by atoms with van der Waals surface area (Å²) in [5.41, 5.74) is 0. The Morgan fingerprint density at radius 2 is 1.83 bits per heavy atom. The molecule has 0 heterocycles. The van der Waals surface area contributed by atoms with E-state index in [2.05, 4.69) is 5.32 Å². The number of rotatable bonds is 6. The largest absolute Gasteiger partial charge is 0.481 e. The van der Waals surface area contributed by atoms with Gasteiger partial charge in [0, 0.05) is 14.2 Å². The topological polar surface area (TPSA) is 84.9 Å². The molecule has 0 saturated heterocycles. The van der Waals surface area contributed by atoms with Crippen molar-refractivity contribution in [1.82, 2.24) is 5.32 Å². The highest BCUT2D eigenvalue weighted by Gasteiger charge is 2.33. The highest BCUT2D eigenvalue weighted by molar-refractivity contribution is 5.85. The first-order valence-corrected chi connectivity index (χ1v) is 5.81. The molecule has 102 valence electrons. The second-order valence-corrected chi connectivity index (χ2v) is 4.14. The molecule has 0 fully saturated rings. The molecule has 0 spiro atoms. The third-order valence-corrected chi connectivity index (χ3v) is 3.06. The molecule has 1 aliphatic carbocycles. The minimum absolute atomic E-state index is 0.207. The van der Waals surface area contributed by atoms with Crippen molar-refractivity contribution >= 4 is 11.9 Å². The van der Waals surface area contributed by atoms with Gasteiger partial charge in [-0.25, -0.2) is 0 Å². The summed E-state index contributed by atoms with van der Waals surface area (Å²) in [4.78, 5) is 23.0. The average Bonchev–Trinajstić information content (AvgIpc) is 2.39. The second kappa shape index (κ2) is 7.13. The lowest BCUT2D eigenvalue weighted by atomic mass is 9.82. The lowest BCUT2D eigenvalue weighted by Gasteiger charge is -2.25. The molecular formula is C12H19NO5. The third-order valence-electron chi connectivity index (χ3n) is 3.06. The molecule has 6 nitrogen and oxygen atoms in total. The minimum Gasteiger partial charge on any atom is -0.481 e. The third kappa shape index (κ3) is 3.82. The molecular weight excluding hydrogens is 238 g/mol. The van der Waals surface area contributed by atoms with Crippen LogP contribution in [0.25, 0.3) is 0 Å². The number of carboxylic acids is 1. The lowest BCUT2D eigenvalue weighted by molar-refractivity contribution is -0.148. The van der Waals surface area contributed by atoms with Gasteiger partial charge in [-0.05, 0) is 12.8 Å². The van der Waals surface area contributed by atoms with E-state index in [0.717, 1.165) is 0 Å². The van der Waals surface area contributed by atoms with Crippen LogP contribution < -0.4 is 5.32 Å². The van der Waals surface area contributed by atoms with Crippen molar-refractivity contribution in [2.75, 3.05) is 20.8 Å². The van der Waals surface area contributed by atoms with Gasteiger partial charge in [-0.15, -0.1) is 0 Å². The summed E-state index contributed by atoms with van der Waals surface area (Å²) in [5, 5.41) is 11.7. The predicted molar refractivity (Wildman–Crippen MR) is 63.8 cm³/mol. The smallest absolute Gasteiger partial charge is 0.307 e. The summed E-state index contributed by atoms with van der Waals surface area (Å²) in [7, 11) is 2.95. The molecule has 2 N–H and O–H groups in total. The molecule has 1 aliphatic rings. The van der Waals surface area contributed by atoms with E-state index >= 15 is 0 Å². The molecule has 6 heteroatoms. The van der Waals surface area contributed by atoms with Crippen LogP contribution >= 0.6 is 0 Å². The van der Waals surface area contributed by atoms with E-state index in [1.165, 1.54) is 14.2 Å². The van der Waals surface area contributed by atoms with Gasteiger partial charge < -0.3 is 19.9 Å². The van der Waals surface area contributed by atoms with Crippen LogP contribution in [-0.4, -0.2) is 44.0 Å². The monoisotopic (exact) mass is 257 g/mol. The molecule has 2 unspecified atom stereocenters. The van der Waals surface area contributed by atoms with Crippen LogP contribution in [0.15, 0.2) is 12.2 Å². The number of amides is 1. The summed E-state index contributed by atoms with van der Waals surface area (Å²) < 4.78 is 9.89. The molecule has 1 amide bonds. The van der Waals surface area contributed by atoms with Crippen molar-refractivity contribution in [1.29, 1.82) is 0 Å². The fraction of sp³-hybridized carbons (Fsp3) is 0.667. The van der Waals surface area contributed by atoms with Gasteiger partial charge in [0.1, 0.15) is 0 Å². The van der Waals surface area contributed by atoms with E-state index in [0.29, 0.717) is 12.8 Å². The van der Waals surface area contributed by atoms with Gasteiger partial charge in [-0.1, -0.05) is 12.2 Å². The zero-order valence-corrected chi connectivity index (χ0v) is 10.6. The molecule has 0 aliphatic heterocycles. The quantitative estimate of drug-likeness (QED) is 0.531. The average molecular weight is 257 g/mol. The first kappa shape index (κ1) is 14.7. The zero-order valence-electron chi connectivity index (χ0n) is 10.6. The number of ether oxygens (including phenoxy) is 2. The maximum absolute atomic E-state index is 11.9. The van der Waals surface area contributed by atoms with Gasteiger partial charge in [0.2, 0.25) is 5.91 Å².